The van der Waals surface area contributed by atoms with Crippen molar-refractivity contribution in [1.29, 1.82) is 0 Å². The first-order valence-electron chi connectivity index (χ1n) is 8.46. The third-order valence-corrected chi connectivity index (χ3v) is 4.95. The summed E-state index contributed by atoms with van der Waals surface area (Å²) >= 11 is 3.25. The molecule has 0 atom stereocenters. The number of carbonyl (C=O) groups excluding carboxylic acids is 1. The van der Waals surface area contributed by atoms with E-state index in [2.05, 4.69) is 15.9 Å². The minimum Gasteiger partial charge on any atom is -0.444 e. The summed E-state index contributed by atoms with van der Waals surface area (Å²) in [4.78, 5) is 15.8. The first-order chi connectivity index (χ1) is 11.9. The Bertz CT molecular complexity index is 651. The summed E-state index contributed by atoms with van der Waals surface area (Å²) in [5.41, 5.74) is -0.509. The van der Waals surface area contributed by atoms with Gasteiger partial charge in [-0.2, -0.15) is 13.2 Å². The standard InChI is InChI=1S/C18H24BrF3N2O2/c1-17(2,3)26-16(25)24-9-7-13(8-10-24)23(4)15-6-5-12(11-14(15)19)18(20,21)22/h5-6,11,13H,7-10H2,1-4H3. The van der Waals surface area contributed by atoms with Gasteiger partial charge < -0.3 is 14.5 Å². The summed E-state index contributed by atoms with van der Waals surface area (Å²) in [5, 5.41) is 0. The zero-order valence-electron chi connectivity index (χ0n) is 15.4. The molecule has 0 aromatic heterocycles. The highest BCUT2D eigenvalue weighted by molar-refractivity contribution is 9.10. The second kappa shape index (κ2) is 7.66. The Balaban J connectivity index is 2.00. The lowest BCUT2D eigenvalue weighted by atomic mass is 10.0. The van der Waals surface area contributed by atoms with E-state index < -0.39 is 17.3 Å². The van der Waals surface area contributed by atoms with Crippen LogP contribution in [-0.2, 0) is 10.9 Å². The molecule has 0 saturated carbocycles. The molecule has 0 bridgehead atoms. The fourth-order valence-corrected chi connectivity index (χ4v) is 3.59. The zero-order chi connectivity index (χ0) is 19.7. The molecule has 0 spiro atoms. The molecule has 8 heteroatoms. The van der Waals surface area contributed by atoms with Crippen LogP contribution in [-0.4, -0.2) is 42.8 Å². The van der Waals surface area contributed by atoms with E-state index in [-0.39, 0.29) is 12.1 Å². The number of carbonyl (C=O) groups is 1. The van der Waals surface area contributed by atoms with Gasteiger partial charge in [-0.25, -0.2) is 4.79 Å². The number of hydrogen-bond acceptors (Lipinski definition) is 3. The molecule has 0 radical (unpaired) electrons. The third-order valence-electron chi connectivity index (χ3n) is 4.32. The fourth-order valence-electron chi connectivity index (χ4n) is 2.93. The summed E-state index contributed by atoms with van der Waals surface area (Å²) in [7, 11) is 1.86. The summed E-state index contributed by atoms with van der Waals surface area (Å²) in [6, 6.07) is 3.81. The number of halogens is 4. The summed E-state index contributed by atoms with van der Waals surface area (Å²) < 4.78 is 44.2. The van der Waals surface area contributed by atoms with E-state index in [0.717, 1.165) is 25.0 Å². The van der Waals surface area contributed by atoms with Crippen LogP contribution in [0.4, 0.5) is 23.7 Å². The van der Waals surface area contributed by atoms with Crippen LogP contribution in [0.25, 0.3) is 0 Å². The van der Waals surface area contributed by atoms with Crippen LogP contribution in [0.2, 0.25) is 0 Å². The van der Waals surface area contributed by atoms with Crippen molar-refractivity contribution in [2.24, 2.45) is 0 Å². The molecule has 4 nitrogen and oxygen atoms in total. The number of rotatable bonds is 2. The minimum atomic E-state index is -4.36. The number of anilines is 1. The van der Waals surface area contributed by atoms with Crippen molar-refractivity contribution in [2.75, 3.05) is 25.0 Å². The third kappa shape index (κ3) is 5.28. The number of alkyl halides is 3. The second-order valence-corrected chi connectivity index (χ2v) is 8.33. The smallest absolute Gasteiger partial charge is 0.416 e. The average molecular weight is 437 g/mol. The molecule has 1 heterocycles. The maximum Gasteiger partial charge on any atom is 0.416 e. The van der Waals surface area contributed by atoms with Gasteiger partial charge in [-0.05, 0) is 67.7 Å². The maximum atomic E-state index is 12.8. The van der Waals surface area contributed by atoms with E-state index in [0.29, 0.717) is 23.2 Å². The number of hydrogen-bond donors (Lipinski definition) is 0. The van der Waals surface area contributed by atoms with Gasteiger partial charge in [-0.1, -0.05) is 0 Å². The molecule has 1 aromatic carbocycles. The van der Waals surface area contributed by atoms with E-state index in [1.807, 2.05) is 32.7 Å². The number of nitrogens with zero attached hydrogens (tertiary/aromatic N) is 2. The first kappa shape index (κ1) is 20.9. The summed E-state index contributed by atoms with van der Waals surface area (Å²) in [5.74, 6) is 0. The Morgan fingerprint density at radius 2 is 1.81 bits per heavy atom. The monoisotopic (exact) mass is 436 g/mol. The minimum absolute atomic E-state index is 0.140. The van der Waals surface area contributed by atoms with Crippen molar-refractivity contribution in [3.63, 3.8) is 0 Å². The molecule has 0 N–H and O–H groups in total. The normalized spacial score (nSPS) is 16.5. The number of amides is 1. The largest absolute Gasteiger partial charge is 0.444 e. The van der Waals surface area contributed by atoms with Gasteiger partial charge in [0.05, 0.1) is 11.3 Å². The predicted molar refractivity (Wildman–Crippen MR) is 98.4 cm³/mol. The zero-order valence-corrected chi connectivity index (χ0v) is 16.9. The number of likely N-dealkylation sites (tertiary alicyclic amines) is 1. The summed E-state index contributed by atoms with van der Waals surface area (Å²) in [6.45, 7) is 6.60. The number of ether oxygens (including phenoxy) is 1. The van der Waals surface area contributed by atoms with Crippen LogP contribution in [0.1, 0.15) is 39.2 Å². The molecule has 1 saturated heterocycles. The maximum absolute atomic E-state index is 12.8. The van der Waals surface area contributed by atoms with Gasteiger partial charge >= 0.3 is 12.3 Å². The van der Waals surface area contributed by atoms with Crippen molar-refractivity contribution in [3.8, 4) is 0 Å². The molecule has 0 unspecified atom stereocenters. The van der Waals surface area contributed by atoms with Crippen molar-refractivity contribution in [1.82, 2.24) is 4.90 Å². The van der Waals surface area contributed by atoms with Crippen LogP contribution >= 0.6 is 15.9 Å². The Hall–Kier alpha value is -1.44. The molecule has 0 aliphatic carbocycles. The van der Waals surface area contributed by atoms with Crippen LogP contribution in [0, 0.1) is 0 Å². The van der Waals surface area contributed by atoms with Crippen molar-refractivity contribution in [3.05, 3.63) is 28.2 Å². The van der Waals surface area contributed by atoms with Crippen molar-refractivity contribution < 1.29 is 22.7 Å². The number of piperidine rings is 1. The van der Waals surface area contributed by atoms with Gasteiger partial charge in [0, 0.05) is 30.7 Å². The second-order valence-electron chi connectivity index (χ2n) is 7.47. The van der Waals surface area contributed by atoms with E-state index in [1.54, 1.807) is 4.90 Å². The fraction of sp³-hybridized carbons (Fsp3) is 0.611. The van der Waals surface area contributed by atoms with Crippen molar-refractivity contribution >= 4 is 27.7 Å². The van der Waals surface area contributed by atoms with Gasteiger partial charge in [0.15, 0.2) is 0 Å². The van der Waals surface area contributed by atoms with Crippen molar-refractivity contribution in [2.45, 2.75) is 51.4 Å². The molecule has 1 fully saturated rings. The van der Waals surface area contributed by atoms with Gasteiger partial charge in [-0.15, -0.1) is 0 Å². The summed E-state index contributed by atoms with van der Waals surface area (Å²) in [6.07, 6.45) is -3.24. The highest BCUT2D eigenvalue weighted by atomic mass is 79.9. The van der Waals surface area contributed by atoms with Crippen LogP contribution in [0.3, 0.4) is 0 Å². The molecular formula is C18H24BrF3N2O2. The van der Waals surface area contributed by atoms with E-state index in [4.69, 9.17) is 4.74 Å². The Morgan fingerprint density at radius 1 is 1.23 bits per heavy atom. The molecule has 26 heavy (non-hydrogen) atoms. The number of benzene rings is 1. The van der Waals surface area contributed by atoms with E-state index in [9.17, 15) is 18.0 Å². The van der Waals surface area contributed by atoms with E-state index in [1.165, 1.54) is 6.07 Å². The lowest BCUT2D eigenvalue weighted by Crippen LogP contribution is -2.47. The van der Waals surface area contributed by atoms with Gasteiger partial charge in [0.25, 0.3) is 0 Å². The van der Waals surface area contributed by atoms with Crippen LogP contribution < -0.4 is 4.90 Å². The predicted octanol–water partition coefficient (Wildman–Crippen LogP) is 5.30. The van der Waals surface area contributed by atoms with E-state index >= 15 is 0 Å². The molecule has 1 aromatic rings. The molecular weight excluding hydrogens is 413 g/mol. The molecule has 1 aliphatic heterocycles. The average Bonchev–Trinajstić information content (AvgIpc) is 2.52. The van der Waals surface area contributed by atoms with Crippen LogP contribution in [0.5, 0.6) is 0 Å². The van der Waals surface area contributed by atoms with Gasteiger partial charge in [0.1, 0.15) is 5.60 Å². The quantitative estimate of drug-likeness (QED) is 0.629. The molecule has 146 valence electrons. The first-order valence-corrected chi connectivity index (χ1v) is 9.25. The molecule has 1 amide bonds. The van der Waals surface area contributed by atoms with Gasteiger partial charge in [0.2, 0.25) is 0 Å². The topological polar surface area (TPSA) is 32.8 Å². The molecule has 2 rings (SSSR count). The highest BCUT2D eigenvalue weighted by Crippen LogP contribution is 2.36. The highest BCUT2D eigenvalue weighted by Gasteiger charge is 2.32. The lowest BCUT2D eigenvalue weighted by molar-refractivity contribution is -0.137. The Labute approximate surface area is 160 Å². The van der Waals surface area contributed by atoms with Crippen LogP contribution in [0.15, 0.2) is 22.7 Å². The van der Waals surface area contributed by atoms with Gasteiger partial charge in [-0.3, -0.25) is 0 Å². The molecule has 1 aliphatic rings. The lowest BCUT2D eigenvalue weighted by Gasteiger charge is -2.38. The Morgan fingerprint density at radius 3 is 2.27 bits per heavy atom. The Kier molecular flexibility index (Phi) is 6.15. The SMILES string of the molecule is CN(c1ccc(C(F)(F)F)cc1Br)C1CCN(C(=O)OC(C)(C)C)CC1.